The van der Waals surface area contributed by atoms with Crippen molar-refractivity contribution < 1.29 is 14.2 Å². The molecule has 0 saturated carbocycles. The van der Waals surface area contributed by atoms with Gasteiger partial charge in [-0.15, -0.1) is 0 Å². The molecule has 116 valence electrons. The smallest absolute Gasteiger partial charge is 0.126 e. The van der Waals surface area contributed by atoms with Crippen LogP contribution in [0.2, 0.25) is 0 Å². The highest BCUT2D eigenvalue weighted by molar-refractivity contribution is 5.22. The number of halogens is 1. The van der Waals surface area contributed by atoms with Crippen LogP contribution in [0.4, 0.5) is 4.39 Å². The standard InChI is InChI=1S/C16H18FN3O2/c17-13-2-1-3-15(8-13)22-12-16(21)4-7-20(11-16)10-14-9-18-5-6-19-14/h1-3,5-6,8-9,21H,4,7,10-12H2/t16-/m0/s1. The van der Waals surface area contributed by atoms with E-state index in [4.69, 9.17) is 4.74 Å². The van der Waals surface area contributed by atoms with Crippen LogP contribution in [0.1, 0.15) is 12.1 Å². The van der Waals surface area contributed by atoms with E-state index in [1.54, 1.807) is 30.7 Å². The van der Waals surface area contributed by atoms with Crippen LogP contribution in [0.25, 0.3) is 0 Å². The number of aromatic nitrogens is 2. The average Bonchev–Trinajstić information content (AvgIpc) is 2.88. The predicted octanol–water partition coefficient (Wildman–Crippen LogP) is 1.63. The maximum Gasteiger partial charge on any atom is 0.126 e. The second kappa shape index (κ2) is 6.37. The molecule has 5 nitrogen and oxygen atoms in total. The van der Waals surface area contributed by atoms with E-state index in [9.17, 15) is 9.50 Å². The number of likely N-dealkylation sites (tertiary alicyclic amines) is 1. The van der Waals surface area contributed by atoms with E-state index in [0.29, 0.717) is 25.3 Å². The predicted molar refractivity (Wildman–Crippen MR) is 78.8 cm³/mol. The fourth-order valence-electron chi connectivity index (χ4n) is 2.61. The molecule has 2 aromatic rings. The summed E-state index contributed by atoms with van der Waals surface area (Å²) in [4.78, 5) is 10.4. The van der Waals surface area contributed by atoms with Gasteiger partial charge in [-0.25, -0.2) is 4.39 Å². The van der Waals surface area contributed by atoms with Crippen LogP contribution in [0.3, 0.4) is 0 Å². The number of hydrogen-bond donors (Lipinski definition) is 1. The van der Waals surface area contributed by atoms with Crippen LogP contribution in [0.15, 0.2) is 42.9 Å². The summed E-state index contributed by atoms with van der Waals surface area (Å²) < 4.78 is 18.6. The molecule has 1 saturated heterocycles. The molecule has 2 heterocycles. The summed E-state index contributed by atoms with van der Waals surface area (Å²) >= 11 is 0. The van der Waals surface area contributed by atoms with Gasteiger partial charge < -0.3 is 9.84 Å². The van der Waals surface area contributed by atoms with E-state index in [1.165, 1.54) is 12.1 Å². The maximum absolute atomic E-state index is 13.1. The second-order valence-electron chi connectivity index (χ2n) is 5.63. The van der Waals surface area contributed by atoms with Crippen LogP contribution in [0, 0.1) is 5.82 Å². The molecule has 0 unspecified atom stereocenters. The Labute approximate surface area is 128 Å². The molecule has 1 aliphatic heterocycles. The molecule has 0 amide bonds. The second-order valence-corrected chi connectivity index (χ2v) is 5.63. The summed E-state index contributed by atoms with van der Waals surface area (Å²) in [5, 5.41) is 10.6. The van der Waals surface area contributed by atoms with Crippen LogP contribution >= 0.6 is 0 Å². The zero-order valence-corrected chi connectivity index (χ0v) is 12.2. The third-order valence-corrected chi connectivity index (χ3v) is 3.72. The lowest BCUT2D eigenvalue weighted by Crippen LogP contribution is -2.39. The first-order valence-corrected chi connectivity index (χ1v) is 7.21. The Morgan fingerprint density at radius 3 is 3.05 bits per heavy atom. The van der Waals surface area contributed by atoms with E-state index < -0.39 is 5.60 Å². The summed E-state index contributed by atoms with van der Waals surface area (Å²) in [5.74, 6) is 0.0843. The van der Waals surface area contributed by atoms with Crippen LogP contribution < -0.4 is 4.74 Å². The minimum Gasteiger partial charge on any atom is -0.490 e. The number of rotatable bonds is 5. The molecule has 22 heavy (non-hydrogen) atoms. The topological polar surface area (TPSA) is 58.5 Å². The molecule has 3 rings (SSSR count). The highest BCUT2D eigenvalue weighted by Crippen LogP contribution is 2.24. The zero-order chi connectivity index (χ0) is 15.4. The molecule has 0 aliphatic carbocycles. The SMILES string of the molecule is O[C@@]1(COc2cccc(F)c2)CCN(Cc2cnccn2)C1. The van der Waals surface area contributed by atoms with Gasteiger partial charge in [-0.2, -0.15) is 0 Å². The van der Waals surface area contributed by atoms with Gasteiger partial charge in [0.25, 0.3) is 0 Å². The van der Waals surface area contributed by atoms with Gasteiger partial charge in [-0.3, -0.25) is 14.9 Å². The van der Waals surface area contributed by atoms with Crippen LogP contribution in [-0.2, 0) is 6.54 Å². The van der Waals surface area contributed by atoms with Crippen molar-refractivity contribution in [2.24, 2.45) is 0 Å². The lowest BCUT2D eigenvalue weighted by atomic mass is 10.1. The van der Waals surface area contributed by atoms with Crippen molar-refractivity contribution in [1.29, 1.82) is 0 Å². The Morgan fingerprint density at radius 2 is 2.27 bits per heavy atom. The first-order valence-electron chi connectivity index (χ1n) is 7.21. The minimum absolute atomic E-state index is 0.146. The summed E-state index contributed by atoms with van der Waals surface area (Å²) in [6.45, 7) is 2.06. The highest BCUT2D eigenvalue weighted by atomic mass is 19.1. The lowest BCUT2D eigenvalue weighted by Gasteiger charge is -2.23. The Balaban J connectivity index is 1.54. The van der Waals surface area contributed by atoms with Gasteiger partial charge in [-0.05, 0) is 18.6 Å². The van der Waals surface area contributed by atoms with Crippen molar-refractivity contribution in [3.05, 3.63) is 54.4 Å². The van der Waals surface area contributed by atoms with Crippen molar-refractivity contribution >= 4 is 0 Å². The molecule has 1 aliphatic rings. The zero-order valence-electron chi connectivity index (χ0n) is 12.2. The molecule has 0 spiro atoms. The van der Waals surface area contributed by atoms with Gasteiger partial charge in [0.15, 0.2) is 0 Å². The molecular weight excluding hydrogens is 285 g/mol. The highest BCUT2D eigenvalue weighted by Gasteiger charge is 2.37. The normalized spacial score (nSPS) is 21.9. The molecule has 6 heteroatoms. The van der Waals surface area contributed by atoms with E-state index in [0.717, 1.165) is 12.2 Å². The van der Waals surface area contributed by atoms with E-state index in [2.05, 4.69) is 14.9 Å². The summed E-state index contributed by atoms with van der Waals surface area (Å²) in [7, 11) is 0. The van der Waals surface area contributed by atoms with Crippen molar-refractivity contribution in [1.82, 2.24) is 14.9 Å². The number of hydrogen-bond acceptors (Lipinski definition) is 5. The number of nitrogens with zero attached hydrogens (tertiary/aromatic N) is 3. The van der Waals surface area contributed by atoms with Crippen molar-refractivity contribution in [2.45, 2.75) is 18.6 Å². The number of aliphatic hydroxyl groups is 1. The minimum atomic E-state index is -0.922. The molecule has 1 fully saturated rings. The maximum atomic E-state index is 13.1. The number of β-amino-alcohol motifs (C(OH)–C–C–N with tert-alkyl or cyclic N) is 1. The van der Waals surface area contributed by atoms with E-state index in [-0.39, 0.29) is 12.4 Å². The lowest BCUT2D eigenvalue weighted by molar-refractivity contribution is 0.00321. The van der Waals surface area contributed by atoms with E-state index in [1.807, 2.05) is 0 Å². The largest absolute Gasteiger partial charge is 0.490 e. The van der Waals surface area contributed by atoms with Gasteiger partial charge in [-0.1, -0.05) is 6.07 Å². The summed E-state index contributed by atoms with van der Waals surface area (Å²) in [6, 6.07) is 5.94. The summed E-state index contributed by atoms with van der Waals surface area (Å²) in [5.41, 5.74) is -0.0491. The van der Waals surface area contributed by atoms with Crippen LogP contribution in [0.5, 0.6) is 5.75 Å². The quantitative estimate of drug-likeness (QED) is 0.910. The Bertz CT molecular complexity index is 626. The third kappa shape index (κ3) is 3.78. The number of ether oxygens (including phenoxy) is 1. The first-order chi connectivity index (χ1) is 10.6. The van der Waals surface area contributed by atoms with Crippen molar-refractivity contribution in [3.8, 4) is 5.75 Å². The van der Waals surface area contributed by atoms with Gasteiger partial charge >= 0.3 is 0 Å². The fraction of sp³-hybridized carbons (Fsp3) is 0.375. The molecule has 0 radical (unpaired) electrons. The fourth-order valence-corrected chi connectivity index (χ4v) is 2.61. The van der Waals surface area contributed by atoms with Gasteiger partial charge in [0.1, 0.15) is 23.8 Å². The average molecular weight is 303 g/mol. The number of benzene rings is 1. The van der Waals surface area contributed by atoms with E-state index >= 15 is 0 Å². The Hall–Kier alpha value is -2.05. The van der Waals surface area contributed by atoms with Gasteiger partial charge in [0.2, 0.25) is 0 Å². The first kappa shape index (κ1) is 14.9. The molecule has 1 atom stereocenters. The third-order valence-electron chi connectivity index (χ3n) is 3.72. The molecule has 0 bridgehead atoms. The van der Waals surface area contributed by atoms with Gasteiger partial charge in [0.05, 0.1) is 5.69 Å². The van der Waals surface area contributed by atoms with Crippen molar-refractivity contribution in [2.75, 3.05) is 19.7 Å². The molecule has 1 N–H and O–H groups in total. The van der Waals surface area contributed by atoms with Gasteiger partial charge in [0, 0.05) is 44.3 Å². The molecule has 1 aromatic heterocycles. The van der Waals surface area contributed by atoms with Crippen LogP contribution in [-0.4, -0.2) is 45.3 Å². The molecular formula is C16H18FN3O2. The Morgan fingerprint density at radius 1 is 1.36 bits per heavy atom. The summed E-state index contributed by atoms with van der Waals surface area (Å²) in [6.07, 6.45) is 5.63. The Kier molecular flexibility index (Phi) is 4.31. The van der Waals surface area contributed by atoms with Crippen molar-refractivity contribution in [3.63, 3.8) is 0 Å². The monoisotopic (exact) mass is 303 g/mol. The molecule has 1 aromatic carbocycles.